The zero-order valence-electron chi connectivity index (χ0n) is 6.47. The monoisotopic (exact) mass is 161 g/mol. The fraction of sp³-hybridized carbons (Fsp3) is 0. The molecule has 0 atom stereocenters. The maximum absolute atomic E-state index is 12.8. The number of para-hydroxylation sites is 1. The largest absolute Gasteiger partial charge is 0.331 e. The van der Waals surface area contributed by atoms with Crippen molar-refractivity contribution in [1.82, 2.24) is 0 Å². The van der Waals surface area contributed by atoms with Crippen molar-refractivity contribution in [2.24, 2.45) is 0 Å². The van der Waals surface area contributed by atoms with Gasteiger partial charge in [0, 0.05) is 11.3 Å². The van der Waals surface area contributed by atoms with Crippen molar-refractivity contribution in [2.75, 3.05) is 5.32 Å². The molecule has 0 amide bonds. The average molecular weight is 161 g/mol. The Labute approximate surface area is 70.2 Å². The highest BCUT2D eigenvalue weighted by molar-refractivity contribution is 5.84. The molecule has 0 radical (unpaired) electrons. The maximum Gasteiger partial charge on any atom is 0.192 e. The van der Waals surface area contributed by atoms with Crippen LogP contribution in [0.1, 0.15) is 5.56 Å². The molecule has 0 aliphatic carbocycles. The molecule has 2 heteroatoms. The van der Waals surface area contributed by atoms with Gasteiger partial charge in [0.2, 0.25) is 0 Å². The summed E-state index contributed by atoms with van der Waals surface area (Å²) in [6.45, 7) is 3.75. The second-order valence-electron chi connectivity index (χ2n) is 2.69. The number of fused-ring (bicyclic) bond motifs is 1. The number of halogens is 1. The van der Waals surface area contributed by atoms with E-state index >= 15 is 0 Å². The van der Waals surface area contributed by atoms with Crippen LogP contribution in [0.4, 0.5) is 10.1 Å². The molecule has 0 spiro atoms. The lowest BCUT2D eigenvalue weighted by Gasteiger charge is -2.15. The highest BCUT2D eigenvalue weighted by Crippen LogP contribution is 2.29. The first kappa shape index (κ1) is 7.10. The molecule has 1 aromatic carbocycles. The molecule has 0 saturated carbocycles. The zero-order valence-corrected chi connectivity index (χ0v) is 6.47. The molecule has 60 valence electrons. The van der Waals surface area contributed by atoms with E-state index in [0.29, 0.717) is 5.57 Å². The van der Waals surface area contributed by atoms with E-state index in [4.69, 9.17) is 0 Å². The van der Waals surface area contributed by atoms with Gasteiger partial charge >= 0.3 is 0 Å². The second kappa shape index (κ2) is 2.48. The summed E-state index contributed by atoms with van der Waals surface area (Å²) >= 11 is 0. The molecule has 12 heavy (non-hydrogen) atoms. The molecule has 1 aliphatic rings. The van der Waals surface area contributed by atoms with E-state index in [2.05, 4.69) is 11.9 Å². The van der Waals surface area contributed by atoms with Crippen molar-refractivity contribution < 1.29 is 4.39 Å². The first-order valence-corrected chi connectivity index (χ1v) is 3.70. The number of allylic oxidation sites excluding steroid dienone is 2. The Morgan fingerprint density at radius 3 is 2.83 bits per heavy atom. The van der Waals surface area contributed by atoms with E-state index in [1.54, 1.807) is 0 Å². The van der Waals surface area contributed by atoms with Gasteiger partial charge in [0.25, 0.3) is 0 Å². The van der Waals surface area contributed by atoms with Crippen LogP contribution in [0.3, 0.4) is 0 Å². The lowest BCUT2D eigenvalue weighted by Crippen LogP contribution is -2.02. The molecule has 1 nitrogen and oxygen atoms in total. The standard InChI is InChI=1S/C10H8FN/c1-7-6-10(11)12-9-5-3-2-4-8(7)9/h2-6,12H,1H2. The third-order valence-electron chi connectivity index (χ3n) is 1.83. The molecule has 1 aromatic rings. The van der Waals surface area contributed by atoms with Crippen molar-refractivity contribution in [3.05, 3.63) is 48.4 Å². The van der Waals surface area contributed by atoms with Gasteiger partial charge in [0.15, 0.2) is 5.95 Å². The van der Waals surface area contributed by atoms with E-state index in [1.807, 2.05) is 24.3 Å². The van der Waals surface area contributed by atoms with Crippen molar-refractivity contribution in [3.8, 4) is 0 Å². The van der Waals surface area contributed by atoms with Crippen molar-refractivity contribution in [1.29, 1.82) is 0 Å². The van der Waals surface area contributed by atoms with Gasteiger partial charge in [-0.1, -0.05) is 24.8 Å². The number of hydrogen-bond donors (Lipinski definition) is 1. The van der Waals surface area contributed by atoms with Crippen molar-refractivity contribution in [2.45, 2.75) is 0 Å². The Morgan fingerprint density at radius 2 is 2.00 bits per heavy atom. The number of rotatable bonds is 0. The Kier molecular flexibility index (Phi) is 1.47. The van der Waals surface area contributed by atoms with Gasteiger partial charge < -0.3 is 5.32 Å². The third kappa shape index (κ3) is 1.01. The SMILES string of the molecule is C=C1C=C(F)Nc2ccccc21. The zero-order chi connectivity index (χ0) is 8.55. The van der Waals surface area contributed by atoms with Crippen LogP contribution in [-0.2, 0) is 0 Å². The van der Waals surface area contributed by atoms with Crippen LogP contribution in [0.25, 0.3) is 5.57 Å². The number of benzene rings is 1. The lowest BCUT2D eigenvalue weighted by atomic mass is 10.0. The summed E-state index contributed by atoms with van der Waals surface area (Å²) in [4.78, 5) is 0. The first-order valence-electron chi connectivity index (χ1n) is 3.70. The van der Waals surface area contributed by atoms with Gasteiger partial charge in [-0.2, -0.15) is 4.39 Å². The summed E-state index contributed by atoms with van der Waals surface area (Å²) in [6.07, 6.45) is 1.39. The molecule has 1 aliphatic heterocycles. The molecular weight excluding hydrogens is 153 g/mol. The van der Waals surface area contributed by atoms with E-state index in [9.17, 15) is 4.39 Å². The summed E-state index contributed by atoms with van der Waals surface area (Å²) in [5.41, 5.74) is 2.45. The van der Waals surface area contributed by atoms with Crippen molar-refractivity contribution in [3.63, 3.8) is 0 Å². The molecule has 2 rings (SSSR count). The quantitative estimate of drug-likeness (QED) is 0.577. The summed E-state index contributed by atoms with van der Waals surface area (Å²) in [7, 11) is 0. The average Bonchev–Trinajstić information content (AvgIpc) is 2.04. The number of hydrogen-bond acceptors (Lipinski definition) is 1. The lowest BCUT2D eigenvalue weighted by molar-refractivity contribution is 0.646. The minimum absolute atomic E-state index is 0.348. The second-order valence-corrected chi connectivity index (χ2v) is 2.69. The maximum atomic E-state index is 12.8. The highest BCUT2D eigenvalue weighted by Gasteiger charge is 2.10. The van der Waals surface area contributed by atoms with Gasteiger partial charge in [-0.15, -0.1) is 0 Å². The van der Waals surface area contributed by atoms with Crippen molar-refractivity contribution >= 4 is 11.3 Å². The normalized spacial score (nSPS) is 14.8. The summed E-state index contributed by atoms with van der Waals surface area (Å²) < 4.78 is 12.8. The Bertz CT molecular complexity index is 366. The van der Waals surface area contributed by atoms with E-state index in [-0.39, 0.29) is 5.95 Å². The van der Waals surface area contributed by atoms with Gasteiger partial charge in [-0.25, -0.2) is 0 Å². The molecule has 0 fully saturated rings. The minimum atomic E-state index is -0.348. The van der Waals surface area contributed by atoms with E-state index in [1.165, 1.54) is 6.08 Å². The van der Waals surface area contributed by atoms with E-state index in [0.717, 1.165) is 11.3 Å². The van der Waals surface area contributed by atoms with Crippen LogP contribution in [-0.4, -0.2) is 0 Å². The highest BCUT2D eigenvalue weighted by atomic mass is 19.1. The molecule has 0 saturated heterocycles. The minimum Gasteiger partial charge on any atom is -0.331 e. The molecule has 0 aromatic heterocycles. The van der Waals surface area contributed by atoms with Crippen LogP contribution >= 0.6 is 0 Å². The topological polar surface area (TPSA) is 12.0 Å². The molecule has 0 unspecified atom stereocenters. The van der Waals surface area contributed by atoms with Gasteiger partial charge in [-0.05, 0) is 17.7 Å². The van der Waals surface area contributed by atoms with Gasteiger partial charge in [0.1, 0.15) is 0 Å². The van der Waals surface area contributed by atoms with Crippen LogP contribution in [0, 0.1) is 0 Å². The first-order chi connectivity index (χ1) is 5.77. The van der Waals surface area contributed by atoms with Crippen LogP contribution in [0.5, 0.6) is 0 Å². The Morgan fingerprint density at radius 1 is 1.25 bits per heavy atom. The molecule has 1 heterocycles. The predicted molar refractivity (Wildman–Crippen MR) is 48.3 cm³/mol. The summed E-state index contributed by atoms with van der Waals surface area (Å²) in [6, 6.07) is 7.50. The van der Waals surface area contributed by atoms with Crippen LogP contribution < -0.4 is 5.32 Å². The van der Waals surface area contributed by atoms with Crippen LogP contribution in [0.2, 0.25) is 0 Å². The molecule has 0 bridgehead atoms. The Balaban J connectivity index is 2.56. The summed E-state index contributed by atoms with van der Waals surface area (Å²) in [5, 5.41) is 2.62. The number of anilines is 1. The third-order valence-corrected chi connectivity index (χ3v) is 1.83. The predicted octanol–water partition coefficient (Wildman–Crippen LogP) is 2.94. The molecular formula is C10H8FN. The van der Waals surface area contributed by atoms with Gasteiger partial charge in [0.05, 0.1) is 0 Å². The summed E-state index contributed by atoms with van der Waals surface area (Å²) in [5.74, 6) is -0.348. The van der Waals surface area contributed by atoms with E-state index < -0.39 is 0 Å². The Hall–Kier alpha value is -1.57. The van der Waals surface area contributed by atoms with Crippen LogP contribution in [0.15, 0.2) is 42.9 Å². The molecule has 1 N–H and O–H groups in total. The fourth-order valence-corrected chi connectivity index (χ4v) is 1.27. The fourth-order valence-electron chi connectivity index (χ4n) is 1.27. The number of nitrogens with one attached hydrogen (secondary N) is 1. The van der Waals surface area contributed by atoms with Gasteiger partial charge in [-0.3, -0.25) is 0 Å². The smallest absolute Gasteiger partial charge is 0.192 e.